The predicted octanol–water partition coefficient (Wildman–Crippen LogP) is 3.39. The summed E-state index contributed by atoms with van der Waals surface area (Å²) in [4.78, 5) is 14.2. The Morgan fingerprint density at radius 1 is 1.14 bits per heavy atom. The number of likely N-dealkylation sites (tertiary alicyclic amines) is 1. The Morgan fingerprint density at radius 2 is 1.68 bits per heavy atom. The van der Waals surface area contributed by atoms with Crippen molar-refractivity contribution in [2.45, 2.75) is 52.1 Å². The number of nitrogens with zero attached hydrogens (tertiary/aromatic N) is 1. The van der Waals surface area contributed by atoms with Crippen LogP contribution in [0, 0.1) is 0 Å². The van der Waals surface area contributed by atoms with Crippen molar-refractivity contribution in [3.8, 4) is 11.5 Å². The first-order chi connectivity index (χ1) is 10.6. The first-order valence-electron chi connectivity index (χ1n) is 8.03. The fourth-order valence-corrected chi connectivity index (χ4v) is 2.89. The molecule has 0 spiro atoms. The molecule has 2 amide bonds. The molecule has 5 nitrogen and oxygen atoms in total. The van der Waals surface area contributed by atoms with Crippen molar-refractivity contribution in [2.75, 3.05) is 13.3 Å². The van der Waals surface area contributed by atoms with Gasteiger partial charge in [-0.15, -0.1) is 0 Å². The van der Waals surface area contributed by atoms with Gasteiger partial charge in [-0.3, -0.25) is 0 Å². The molecule has 1 fully saturated rings. The minimum atomic E-state index is -0.0503. The molecule has 1 heterocycles. The van der Waals surface area contributed by atoms with Crippen LogP contribution in [0.4, 0.5) is 4.79 Å². The average Bonchev–Trinajstić information content (AvgIpc) is 2.49. The number of piperidine rings is 1. The molecule has 1 aliphatic rings. The van der Waals surface area contributed by atoms with Gasteiger partial charge >= 0.3 is 6.03 Å². The first-order valence-corrected chi connectivity index (χ1v) is 8.03. The summed E-state index contributed by atoms with van der Waals surface area (Å²) < 4.78 is 10.9. The van der Waals surface area contributed by atoms with E-state index in [0.717, 1.165) is 18.6 Å². The van der Waals surface area contributed by atoms with Crippen LogP contribution in [-0.2, 0) is 0 Å². The maximum absolute atomic E-state index is 12.3. The molecular formula is C17H26N2O3. The highest BCUT2D eigenvalue weighted by Gasteiger charge is 2.28. The van der Waals surface area contributed by atoms with Crippen LogP contribution in [0.15, 0.2) is 24.3 Å². The van der Waals surface area contributed by atoms with Crippen molar-refractivity contribution < 1.29 is 14.3 Å². The standard InChI is InChI=1S/C17H26N2O3/c1-4-21-15-8-10-16(11-9-15)22-12-18-17(20)19-13(2)6-5-7-14(19)3/h8-11,13-14H,4-7,12H2,1-3H3,(H,18,20). The zero-order chi connectivity index (χ0) is 15.9. The third-order valence-electron chi connectivity index (χ3n) is 4.03. The monoisotopic (exact) mass is 306 g/mol. The molecule has 0 radical (unpaired) electrons. The van der Waals surface area contributed by atoms with E-state index in [1.165, 1.54) is 6.42 Å². The first kappa shape index (κ1) is 16.5. The van der Waals surface area contributed by atoms with E-state index in [0.29, 0.717) is 12.4 Å². The van der Waals surface area contributed by atoms with Gasteiger partial charge in [-0.05, 0) is 64.3 Å². The maximum Gasteiger partial charge on any atom is 0.320 e. The van der Waals surface area contributed by atoms with Gasteiger partial charge in [0, 0.05) is 12.1 Å². The van der Waals surface area contributed by atoms with Crippen LogP contribution < -0.4 is 14.8 Å². The molecule has 5 heteroatoms. The second kappa shape index (κ2) is 7.92. The van der Waals surface area contributed by atoms with Gasteiger partial charge in [0.2, 0.25) is 0 Å². The van der Waals surface area contributed by atoms with Crippen LogP contribution in [0.2, 0.25) is 0 Å². The smallest absolute Gasteiger partial charge is 0.320 e. The summed E-state index contributed by atoms with van der Waals surface area (Å²) in [7, 11) is 0. The number of hydrogen-bond donors (Lipinski definition) is 1. The third kappa shape index (κ3) is 4.29. The highest BCUT2D eigenvalue weighted by Crippen LogP contribution is 2.22. The van der Waals surface area contributed by atoms with Crippen LogP contribution >= 0.6 is 0 Å². The zero-order valence-electron chi connectivity index (χ0n) is 13.7. The van der Waals surface area contributed by atoms with E-state index < -0.39 is 0 Å². The second-order valence-corrected chi connectivity index (χ2v) is 5.71. The fourth-order valence-electron chi connectivity index (χ4n) is 2.89. The number of carbonyl (C=O) groups is 1. The molecule has 0 aliphatic carbocycles. The molecule has 0 aromatic heterocycles. The molecule has 1 aliphatic heterocycles. The van der Waals surface area contributed by atoms with Gasteiger partial charge in [0.15, 0.2) is 6.73 Å². The topological polar surface area (TPSA) is 50.8 Å². The molecule has 1 aromatic rings. The molecule has 1 N–H and O–H groups in total. The number of benzene rings is 1. The summed E-state index contributed by atoms with van der Waals surface area (Å²) in [6.07, 6.45) is 3.32. The Morgan fingerprint density at radius 3 is 2.23 bits per heavy atom. The molecule has 22 heavy (non-hydrogen) atoms. The molecule has 122 valence electrons. The minimum Gasteiger partial charge on any atom is -0.494 e. The summed E-state index contributed by atoms with van der Waals surface area (Å²) in [6, 6.07) is 7.91. The van der Waals surface area contributed by atoms with E-state index in [-0.39, 0.29) is 24.8 Å². The van der Waals surface area contributed by atoms with Crippen LogP contribution in [0.25, 0.3) is 0 Å². The van der Waals surface area contributed by atoms with Crippen LogP contribution in [0.5, 0.6) is 11.5 Å². The lowest BCUT2D eigenvalue weighted by molar-refractivity contribution is 0.117. The van der Waals surface area contributed by atoms with E-state index in [1.54, 1.807) is 0 Å². The van der Waals surface area contributed by atoms with Crippen molar-refractivity contribution in [1.29, 1.82) is 0 Å². The summed E-state index contributed by atoms with van der Waals surface area (Å²) in [5.41, 5.74) is 0. The predicted molar refractivity (Wildman–Crippen MR) is 86.3 cm³/mol. The van der Waals surface area contributed by atoms with Crippen LogP contribution in [0.3, 0.4) is 0 Å². The maximum atomic E-state index is 12.3. The lowest BCUT2D eigenvalue weighted by atomic mass is 9.98. The third-order valence-corrected chi connectivity index (χ3v) is 4.03. The van der Waals surface area contributed by atoms with Crippen molar-refractivity contribution in [3.05, 3.63) is 24.3 Å². The number of rotatable bonds is 5. The van der Waals surface area contributed by atoms with E-state index in [1.807, 2.05) is 36.1 Å². The normalized spacial score (nSPS) is 21.3. The minimum absolute atomic E-state index is 0.0503. The molecule has 0 saturated carbocycles. The largest absolute Gasteiger partial charge is 0.494 e. The number of urea groups is 1. The van der Waals surface area contributed by atoms with E-state index >= 15 is 0 Å². The van der Waals surface area contributed by atoms with Crippen molar-refractivity contribution in [2.24, 2.45) is 0 Å². The number of carbonyl (C=O) groups excluding carboxylic acids is 1. The van der Waals surface area contributed by atoms with Gasteiger partial charge in [0.1, 0.15) is 11.5 Å². The Kier molecular flexibility index (Phi) is 5.92. The highest BCUT2D eigenvalue weighted by molar-refractivity contribution is 5.74. The van der Waals surface area contributed by atoms with E-state index in [2.05, 4.69) is 19.2 Å². The Bertz CT molecular complexity index is 465. The van der Waals surface area contributed by atoms with Crippen molar-refractivity contribution >= 4 is 6.03 Å². The van der Waals surface area contributed by atoms with Crippen molar-refractivity contribution in [1.82, 2.24) is 10.2 Å². The molecule has 0 bridgehead atoms. The van der Waals surface area contributed by atoms with Gasteiger partial charge in [-0.25, -0.2) is 4.79 Å². The lowest BCUT2D eigenvalue weighted by Gasteiger charge is -2.38. The van der Waals surface area contributed by atoms with Gasteiger partial charge in [0.25, 0.3) is 0 Å². The van der Waals surface area contributed by atoms with Crippen LogP contribution in [-0.4, -0.2) is 36.4 Å². The van der Waals surface area contributed by atoms with Gasteiger partial charge in [0.05, 0.1) is 6.61 Å². The lowest BCUT2D eigenvalue weighted by Crippen LogP contribution is -2.52. The molecule has 1 aromatic carbocycles. The second-order valence-electron chi connectivity index (χ2n) is 5.71. The quantitative estimate of drug-likeness (QED) is 0.848. The summed E-state index contributed by atoms with van der Waals surface area (Å²) in [5.74, 6) is 1.53. The SMILES string of the molecule is CCOc1ccc(OCNC(=O)N2C(C)CCCC2C)cc1. The van der Waals surface area contributed by atoms with Crippen LogP contribution in [0.1, 0.15) is 40.0 Å². The highest BCUT2D eigenvalue weighted by atomic mass is 16.5. The number of hydrogen-bond acceptors (Lipinski definition) is 3. The fraction of sp³-hybridized carbons (Fsp3) is 0.588. The van der Waals surface area contributed by atoms with E-state index in [9.17, 15) is 4.79 Å². The van der Waals surface area contributed by atoms with Gasteiger partial charge in [-0.1, -0.05) is 0 Å². The Labute approximate surface area is 132 Å². The summed E-state index contributed by atoms with van der Waals surface area (Å²) >= 11 is 0. The van der Waals surface area contributed by atoms with Crippen molar-refractivity contribution in [3.63, 3.8) is 0 Å². The van der Waals surface area contributed by atoms with E-state index in [4.69, 9.17) is 9.47 Å². The number of nitrogens with one attached hydrogen (secondary N) is 1. The average molecular weight is 306 g/mol. The molecule has 2 unspecified atom stereocenters. The summed E-state index contributed by atoms with van der Waals surface area (Å²) in [6.45, 7) is 6.96. The number of ether oxygens (including phenoxy) is 2. The summed E-state index contributed by atoms with van der Waals surface area (Å²) in [5, 5.41) is 2.83. The molecule has 1 saturated heterocycles. The Hall–Kier alpha value is -1.91. The molecule has 2 atom stereocenters. The Balaban J connectivity index is 1.78. The zero-order valence-corrected chi connectivity index (χ0v) is 13.7. The van der Waals surface area contributed by atoms with Gasteiger partial charge in [-0.2, -0.15) is 0 Å². The molecular weight excluding hydrogens is 280 g/mol. The molecule has 2 rings (SSSR count). The van der Waals surface area contributed by atoms with Gasteiger partial charge < -0.3 is 19.7 Å². The number of amides is 2.